The summed E-state index contributed by atoms with van der Waals surface area (Å²) < 4.78 is 11.1. The van der Waals surface area contributed by atoms with Crippen molar-refractivity contribution in [2.24, 2.45) is 0 Å². The van der Waals surface area contributed by atoms with Crippen LogP contribution in [0.3, 0.4) is 0 Å². The molecule has 0 aliphatic carbocycles. The van der Waals surface area contributed by atoms with Gasteiger partial charge in [0.15, 0.2) is 12.2 Å². The number of ether oxygens (including phenoxy) is 2. The van der Waals surface area contributed by atoms with Crippen molar-refractivity contribution in [3.63, 3.8) is 0 Å². The average molecular weight is 349 g/mol. The molecule has 1 N–H and O–H groups in total. The van der Waals surface area contributed by atoms with E-state index >= 15 is 0 Å². The molecule has 0 spiro atoms. The summed E-state index contributed by atoms with van der Waals surface area (Å²) in [7, 11) is 0. The molecule has 1 aliphatic rings. The number of aliphatic carboxylic acids is 1. The summed E-state index contributed by atoms with van der Waals surface area (Å²) in [4.78, 5) is 25.2. The molecule has 1 aromatic carbocycles. The Balaban J connectivity index is 2.01. The second-order valence-electron chi connectivity index (χ2n) is 7.55. The third-order valence-electron chi connectivity index (χ3n) is 4.23. The van der Waals surface area contributed by atoms with Crippen LogP contribution in [0.5, 0.6) is 5.75 Å². The highest BCUT2D eigenvalue weighted by Gasteiger charge is 2.34. The van der Waals surface area contributed by atoms with E-state index in [1.165, 1.54) is 10.5 Å². The van der Waals surface area contributed by atoms with Crippen molar-refractivity contribution in [2.75, 3.05) is 13.1 Å². The average Bonchev–Trinajstić information content (AvgIpc) is 2.53. The number of benzene rings is 1. The number of morpholine rings is 1. The summed E-state index contributed by atoms with van der Waals surface area (Å²) in [5.74, 6) is -0.679. The third kappa shape index (κ3) is 4.95. The SMILES string of the molecule is CC(Oc1ccc(C(C)(C)C)cc1)C(=O)N1CC(C(=O)O)O[C@H](C)C1. The number of carbonyl (C=O) groups is 2. The van der Waals surface area contributed by atoms with Crippen LogP contribution < -0.4 is 4.74 Å². The number of carboxylic acid groups (broad SMARTS) is 1. The molecule has 3 atom stereocenters. The maximum absolute atomic E-state index is 12.6. The first-order chi connectivity index (χ1) is 11.6. The van der Waals surface area contributed by atoms with Crippen molar-refractivity contribution in [1.29, 1.82) is 0 Å². The molecule has 2 unspecified atom stereocenters. The molecule has 0 saturated carbocycles. The molecular weight excluding hydrogens is 322 g/mol. The lowest BCUT2D eigenvalue weighted by Crippen LogP contribution is -2.54. The number of carboxylic acids is 1. The van der Waals surface area contributed by atoms with Crippen LogP contribution in [0.4, 0.5) is 0 Å². The highest BCUT2D eigenvalue weighted by Crippen LogP contribution is 2.25. The Labute approximate surface area is 148 Å². The minimum Gasteiger partial charge on any atom is -0.481 e. The van der Waals surface area contributed by atoms with Crippen molar-refractivity contribution >= 4 is 11.9 Å². The molecule has 0 aromatic heterocycles. The largest absolute Gasteiger partial charge is 0.481 e. The molecule has 1 fully saturated rings. The normalized spacial score (nSPS) is 22.4. The van der Waals surface area contributed by atoms with Gasteiger partial charge in [-0.3, -0.25) is 4.79 Å². The zero-order chi connectivity index (χ0) is 18.8. The molecule has 1 amide bonds. The van der Waals surface area contributed by atoms with Crippen LogP contribution in [0.2, 0.25) is 0 Å². The minimum atomic E-state index is -1.06. The monoisotopic (exact) mass is 349 g/mol. The van der Waals surface area contributed by atoms with Crippen LogP contribution in [-0.4, -0.2) is 53.3 Å². The maximum Gasteiger partial charge on any atom is 0.334 e. The number of nitrogens with zero attached hydrogens (tertiary/aromatic N) is 1. The fourth-order valence-electron chi connectivity index (χ4n) is 2.81. The van der Waals surface area contributed by atoms with Gasteiger partial charge in [-0.2, -0.15) is 0 Å². The molecule has 0 bridgehead atoms. The summed E-state index contributed by atoms with van der Waals surface area (Å²) >= 11 is 0. The highest BCUT2D eigenvalue weighted by atomic mass is 16.5. The van der Waals surface area contributed by atoms with E-state index in [-0.39, 0.29) is 24.0 Å². The van der Waals surface area contributed by atoms with Crippen LogP contribution in [0.15, 0.2) is 24.3 Å². The second kappa shape index (κ2) is 7.44. The number of carbonyl (C=O) groups excluding carboxylic acids is 1. The number of amides is 1. The van der Waals surface area contributed by atoms with Gasteiger partial charge in [0.05, 0.1) is 12.6 Å². The predicted molar refractivity (Wildman–Crippen MR) is 93.8 cm³/mol. The molecule has 1 heterocycles. The van der Waals surface area contributed by atoms with Gasteiger partial charge in [-0.15, -0.1) is 0 Å². The predicted octanol–water partition coefficient (Wildman–Crippen LogP) is 2.45. The molecule has 1 aromatic rings. The molecule has 138 valence electrons. The summed E-state index contributed by atoms with van der Waals surface area (Å²) in [6.07, 6.45) is -2.01. The molecule has 6 nitrogen and oxygen atoms in total. The lowest BCUT2D eigenvalue weighted by molar-refractivity contribution is -0.168. The summed E-state index contributed by atoms with van der Waals surface area (Å²) in [6, 6.07) is 7.69. The smallest absolute Gasteiger partial charge is 0.334 e. The first-order valence-corrected chi connectivity index (χ1v) is 8.52. The van der Waals surface area contributed by atoms with Crippen molar-refractivity contribution in [1.82, 2.24) is 4.90 Å². The van der Waals surface area contributed by atoms with E-state index in [0.29, 0.717) is 12.3 Å². The van der Waals surface area contributed by atoms with Gasteiger partial charge < -0.3 is 19.5 Å². The Morgan fingerprint density at radius 2 is 1.84 bits per heavy atom. The van der Waals surface area contributed by atoms with E-state index < -0.39 is 18.2 Å². The van der Waals surface area contributed by atoms with Gasteiger partial charge in [-0.05, 0) is 37.0 Å². The fraction of sp³-hybridized carbons (Fsp3) is 0.579. The Morgan fingerprint density at radius 1 is 1.24 bits per heavy atom. The number of rotatable bonds is 4. The zero-order valence-electron chi connectivity index (χ0n) is 15.5. The van der Waals surface area contributed by atoms with Gasteiger partial charge in [-0.1, -0.05) is 32.9 Å². The maximum atomic E-state index is 12.6. The van der Waals surface area contributed by atoms with Gasteiger partial charge in [0, 0.05) is 6.54 Å². The Hall–Kier alpha value is -2.08. The van der Waals surface area contributed by atoms with Crippen molar-refractivity contribution in [3.05, 3.63) is 29.8 Å². The lowest BCUT2D eigenvalue weighted by atomic mass is 9.87. The summed E-state index contributed by atoms with van der Waals surface area (Å²) in [5.41, 5.74) is 1.24. The van der Waals surface area contributed by atoms with Crippen LogP contribution in [0, 0.1) is 0 Å². The molecular formula is C19H27NO5. The van der Waals surface area contributed by atoms with Crippen LogP contribution in [-0.2, 0) is 19.7 Å². The summed E-state index contributed by atoms with van der Waals surface area (Å²) in [5, 5.41) is 9.13. The van der Waals surface area contributed by atoms with E-state index in [1.807, 2.05) is 24.3 Å². The Kier molecular flexibility index (Phi) is 5.72. The number of hydrogen-bond donors (Lipinski definition) is 1. The second-order valence-corrected chi connectivity index (χ2v) is 7.55. The van der Waals surface area contributed by atoms with Crippen LogP contribution in [0.1, 0.15) is 40.2 Å². The first-order valence-electron chi connectivity index (χ1n) is 8.52. The topological polar surface area (TPSA) is 76.1 Å². The summed E-state index contributed by atoms with van der Waals surface area (Å²) in [6.45, 7) is 10.2. The highest BCUT2D eigenvalue weighted by molar-refractivity contribution is 5.82. The van der Waals surface area contributed by atoms with E-state index in [0.717, 1.165) is 0 Å². The van der Waals surface area contributed by atoms with Gasteiger partial charge in [0.2, 0.25) is 0 Å². The van der Waals surface area contributed by atoms with E-state index in [1.54, 1.807) is 13.8 Å². The molecule has 1 aliphatic heterocycles. The molecule has 1 saturated heterocycles. The Morgan fingerprint density at radius 3 is 2.36 bits per heavy atom. The molecule has 2 rings (SSSR count). The fourth-order valence-corrected chi connectivity index (χ4v) is 2.81. The van der Waals surface area contributed by atoms with Gasteiger partial charge in [0.25, 0.3) is 5.91 Å². The van der Waals surface area contributed by atoms with Crippen molar-refractivity contribution < 1.29 is 24.2 Å². The van der Waals surface area contributed by atoms with E-state index in [2.05, 4.69) is 20.8 Å². The third-order valence-corrected chi connectivity index (χ3v) is 4.23. The first kappa shape index (κ1) is 19.2. The van der Waals surface area contributed by atoms with Crippen LogP contribution in [0.25, 0.3) is 0 Å². The Bertz CT molecular complexity index is 620. The van der Waals surface area contributed by atoms with Gasteiger partial charge in [0.1, 0.15) is 5.75 Å². The molecule has 25 heavy (non-hydrogen) atoms. The molecule has 6 heteroatoms. The standard InChI is InChI=1S/C19H27NO5/c1-12-10-20(11-16(24-12)18(22)23)17(21)13(2)25-15-8-6-14(7-9-15)19(3,4)5/h6-9,12-13,16H,10-11H2,1-5H3,(H,22,23)/t12-,13?,16?/m1/s1. The quantitative estimate of drug-likeness (QED) is 0.904. The van der Waals surface area contributed by atoms with E-state index in [9.17, 15) is 9.59 Å². The van der Waals surface area contributed by atoms with Gasteiger partial charge >= 0.3 is 5.97 Å². The van der Waals surface area contributed by atoms with Crippen molar-refractivity contribution in [2.45, 2.75) is 58.3 Å². The lowest BCUT2D eigenvalue weighted by Gasteiger charge is -2.36. The van der Waals surface area contributed by atoms with E-state index in [4.69, 9.17) is 14.6 Å². The molecule has 0 radical (unpaired) electrons. The number of hydrogen-bond acceptors (Lipinski definition) is 4. The van der Waals surface area contributed by atoms with Gasteiger partial charge in [-0.25, -0.2) is 4.79 Å². The van der Waals surface area contributed by atoms with Crippen LogP contribution >= 0.6 is 0 Å². The minimum absolute atomic E-state index is 0.0369. The van der Waals surface area contributed by atoms with Crippen molar-refractivity contribution in [3.8, 4) is 5.75 Å². The zero-order valence-corrected chi connectivity index (χ0v) is 15.5.